The summed E-state index contributed by atoms with van der Waals surface area (Å²) in [4.78, 5) is 0. The molecule has 0 spiro atoms. The molecule has 0 bridgehead atoms. The lowest BCUT2D eigenvalue weighted by Crippen LogP contribution is -2.14. The predicted octanol–water partition coefficient (Wildman–Crippen LogP) is 1.57. The minimum Gasteiger partial charge on any atom is -0.393 e. The highest BCUT2D eigenvalue weighted by Gasteiger charge is 2.29. The van der Waals surface area contributed by atoms with Gasteiger partial charge in [-0.15, -0.1) is 0 Å². The lowest BCUT2D eigenvalue weighted by molar-refractivity contribution is 0.0408. The number of aliphatic hydroxyl groups excluding tert-OH is 1. The molecule has 0 aromatic heterocycles. The van der Waals surface area contributed by atoms with E-state index in [1.54, 1.807) is 0 Å². The zero-order chi connectivity index (χ0) is 8.27. The smallest absolute Gasteiger partial charge is 0.0590 e. The first-order valence-corrected chi connectivity index (χ1v) is 4.50. The SMILES string of the molecule is CC(C)OCCC(O)C1CC1. The van der Waals surface area contributed by atoms with E-state index in [0.29, 0.717) is 18.6 Å². The van der Waals surface area contributed by atoms with Gasteiger partial charge in [0.2, 0.25) is 0 Å². The van der Waals surface area contributed by atoms with E-state index >= 15 is 0 Å². The van der Waals surface area contributed by atoms with Crippen LogP contribution in [0.5, 0.6) is 0 Å². The third-order valence-electron chi connectivity index (χ3n) is 2.03. The van der Waals surface area contributed by atoms with Gasteiger partial charge in [-0.1, -0.05) is 0 Å². The minimum atomic E-state index is -0.103. The molecule has 0 saturated heterocycles. The maximum atomic E-state index is 9.42. The van der Waals surface area contributed by atoms with E-state index < -0.39 is 0 Å². The third kappa shape index (κ3) is 3.73. The fraction of sp³-hybridized carbons (Fsp3) is 1.00. The van der Waals surface area contributed by atoms with E-state index in [2.05, 4.69) is 0 Å². The van der Waals surface area contributed by atoms with E-state index in [9.17, 15) is 5.11 Å². The Morgan fingerprint density at radius 1 is 1.45 bits per heavy atom. The number of rotatable bonds is 5. The van der Waals surface area contributed by atoms with Gasteiger partial charge in [0.1, 0.15) is 0 Å². The fourth-order valence-electron chi connectivity index (χ4n) is 1.14. The lowest BCUT2D eigenvalue weighted by atomic mass is 10.2. The van der Waals surface area contributed by atoms with Crippen LogP contribution < -0.4 is 0 Å². The number of aliphatic hydroxyl groups is 1. The molecule has 2 heteroatoms. The Balaban J connectivity index is 1.93. The molecule has 1 unspecified atom stereocenters. The van der Waals surface area contributed by atoms with Crippen molar-refractivity contribution in [3.63, 3.8) is 0 Å². The predicted molar refractivity (Wildman–Crippen MR) is 44.4 cm³/mol. The minimum absolute atomic E-state index is 0.103. The molecule has 1 aliphatic carbocycles. The second-order valence-electron chi connectivity index (χ2n) is 3.61. The molecule has 1 N–H and O–H groups in total. The van der Waals surface area contributed by atoms with E-state index in [0.717, 1.165) is 6.42 Å². The summed E-state index contributed by atoms with van der Waals surface area (Å²) >= 11 is 0. The molecule has 1 rings (SSSR count). The summed E-state index contributed by atoms with van der Waals surface area (Å²) in [5.74, 6) is 0.589. The van der Waals surface area contributed by atoms with Crippen LogP contribution in [0, 0.1) is 5.92 Å². The van der Waals surface area contributed by atoms with Crippen molar-refractivity contribution in [2.75, 3.05) is 6.61 Å². The van der Waals surface area contributed by atoms with E-state index in [1.165, 1.54) is 12.8 Å². The topological polar surface area (TPSA) is 29.5 Å². The van der Waals surface area contributed by atoms with Crippen LogP contribution in [0.15, 0.2) is 0 Å². The van der Waals surface area contributed by atoms with E-state index in [-0.39, 0.29) is 6.10 Å². The van der Waals surface area contributed by atoms with Crippen LogP contribution in [0.4, 0.5) is 0 Å². The summed E-state index contributed by atoms with van der Waals surface area (Å²) in [6.07, 6.45) is 3.42. The summed E-state index contributed by atoms with van der Waals surface area (Å²) < 4.78 is 5.33. The summed E-state index contributed by atoms with van der Waals surface area (Å²) in [6, 6.07) is 0. The maximum Gasteiger partial charge on any atom is 0.0590 e. The van der Waals surface area contributed by atoms with Gasteiger partial charge in [0.05, 0.1) is 12.2 Å². The zero-order valence-electron chi connectivity index (χ0n) is 7.42. The number of ether oxygens (including phenoxy) is 1. The molecular weight excluding hydrogens is 140 g/mol. The largest absolute Gasteiger partial charge is 0.393 e. The molecule has 66 valence electrons. The molecule has 0 aliphatic heterocycles. The quantitative estimate of drug-likeness (QED) is 0.658. The summed E-state index contributed by atoms with van der Waals surface area (Å²) in [7, 11) is 0. The van der Waals surface area contributed by atoms with Crippen LogP contribution in [0.2, 0.25) is 0 Å². The third-order valence-corrected chi connectivity index (χ3v) is 2.03. The van der Waals surface area contributed by atoms with Crippen LogP contribution in [-0.4, -0.2) is 23.9 Å². The van der Waals surface area contributed by atoms with Gasteiger partial charge < -0.3 is 9.84 Å². The van der Waals surface area contributed by atoms with Crippen molar-refractivity contribution in [2.24, 2.45) is 5.92 Å². The molecular formula is C9H18O2. The van der Waals surface area contributed by atoms with Gasteiger partial charge in [-0.3, -0.25) is 0 Å². The van der Waals surface area contributed by atoms with Gasteiger partial charge >= 0.3 is 0 Å². The van der Waals surface area contributed by atoms with Gasteiger partial charge in [0.25, 0.3) is 0 Å². The average Bonchev–Trinajstić information content (AvgIpc) is 2.66. The van der Waals surface area contributed by atoms with Gasteiger partial charge in [-0.2, -0.15) is 0 Å². The van der Waals surface area contributed by atoms with Crippen LogP contribution in [0.25, 0.3) is 0 Å². The van der Waals surface area contributed by atoms with Gasteiger partial charge in [0, 0.05) is 6.61 Å². The fourth-order valence-corrected chi connectivity index (χ4v) is 1.14. The highest BCUT2D eigenvalue weighted by Crippen LogP contribution is 2.33. The van der Waals surface area contributed by atoms with Crippen molar-refractivity contribution < 1.29 is 9.84 Å². The molecule has 1 atom stereocenters. The van der Waals surface area contributed by atoms with Gasteiger partial charge in [0.15, 0.2) is 0 Å². The molecule has 0 radical (unpaired) electrons. The Bertz CT molecular complexity index is 108. The Labute approximate surface area is 68.6 Å². The molecule has 0 aromatic carbocycles. The lowest BCUT2D eigenvalue weighted by Gasteiger charge is -2.10. The van der Waals surface area contributed by atoms with Crippen LogP contribution in [0.1, 0.15) is 33.1 Å². The Morgan fingerprint density at radius 2 is 2.09 bits per heavy atom. The first kappa shape index (κ1) is 9.01. The first-order chi connectivity index (χ1) is 5.20. The summed E-state index contributed by atoms with van der Waals surface area (Å²) in [5, 5.41) is 9.42. The Kier molecular flexibility index (Phi) is 3.34. The second-order valence-corrected chi connectivity index (χ2v) is 3.61. The zero-order valence-corrected chi connectivity index (χ0v) is 7.42. The highest BCUT2D eigenvalue weighted by atomic mass is 16.5. The molecule has 2 nitrogen and oxygen atoms in total. The molecule has 0 aromatic rings. The van der Waals surface area contributed by atoms with Crippen molar-refractivity contribution in [1.29, 1.82) is 0 Å². The van der Waals surface area contributed by atoms with E-state index in [4.69, 9.17) is 4.74 Å². The summed E-state index contributed by atoms with van der Waals surface area (Å²) in [5.41, 5.74) is 0. The standard InChI is InChI=1S/C9H18O2/c1-7(2)11-6-5-9(10)8-3-4-8/h7-10H,3-6H2,1-2H3. The Morgan fingerprint density at radius 3 is 2.55 bits per heavy atom. The monoisotopic (exact) mass is 158 g/mol. The molecule has 11 heavy (non-hydrogen) atoms. The van der Waals surface area contributed by atoms with Gasteiger partial charge in [-0.05, 0) is 39.0 Å². The van der Waals surface area contributed by atoms with Crippen molar-refractivity contribution in [3.05, 3.63) is 0 Å². The molecule has 1 fully saturated rings. The maximum absolute atomic E-state index is 9.42. The van der Waals surface area contributed by atoms with Crippen molar-refractivity contribution in [2.45, 2.75) is 45.3 Å². The van der Waals surface area contributed by atoms with E-state index in [1.807, 2.05) is 13.8 Å². The van der Waals surface area contributed by atoms with Crippen molar-refractivity contribution in [1.82, 2.24) is 0 Å². The van der Waals surface area contributed by atoms with Crippen molar-refractivity contribution in [3.8, 4) is 0 Å². The van der Waals surface area contributed by atoms with Crippen molar-refractivity contribution >= 4 is 0 Å². The number of hydrogen-bond acceptors (Lipinski definition) is 2. The van der Waals surface area contributed by atoms with Crippen LogP contribution in [-0.2, 0) is 4.74 Å². The molecule has 0 amide bonds. The van der Waals surface area contributed by atoms with Crippen LogP contribution >= 0.6 is 0 Å². The Hall–Kier alpha value is -0.0800. The van der Waals surface area contributed by atoms with Gasteiger partial charge in [-0.25, -0.2) is 0 Å². The molecule has 1 saturated carbocycles. The average molecular weight is 158 g/mol. The van der Waals surface area contributed by atoms with Crippen LogP contribution in [0.3, 0.4) is 0 Å². The first-order valence-electron chi connectivity index (χ1n) is 4.50. The number of hydrogen-bond donors (Lipinski definition) is 1. The highest BCUT2D eigenvalue weighted by molar-refractivity contribution is 4.80. The molecule has 1 aliphatic rings. The normalized spacial score (nSPS) is 20.7. The summed E-state index contributed by atoms with van der Waals surface area (Å²) in [6.45, 7) is 4.74. The molecule has 0 heterocycles. The second kappa shape index (κ2) is 4.07.